The van der Waals surface area contributed by atoms with Crippen molar-refractivity contribution in [3.63, 3.8) is 0 Å². The molecule has 1 aliphatic heterocycles. The lowest BCUT2D eigenvalue weighted by Gasteiger charge is -2.34. The van der Waals surface area contributed by atoms with E-state index in [4.69, 9.17) is 9.84 Å². The summed E-state index contributed by atoms with van der Waals surface area (Å²) in [5.74, 6) is -0.838. The first kappa shape index (κ1) is 12.8. The van der Waals surface area contributed by atoms with E-state index in [-0.39, 0.29) is 12.5 Å². The van der Waals surface area contributed by atoms with E-state index in [0.29, 0.717) is 13.2 Å². The summed E-state index contributed by atoms with van der Waals surface area (Å²) in [5, 5.41) is 18.0. The lowest BCUT2D eigenvalue weighted by molar-refractivity contribution is -0.140. The summed E-state index contributed by atoms with van der Waals surface area (Å²) < 4.78 is 5.49. The van der Waals surface area contributed by atoms with Gasteiger partial charge < -0.3 is 14.7 Å². The highest BCUT2D eigenvalue weighted by molar-refractivity contribution is 5.90. The number of aliphatic carboxylic acids is 1. The fraction of sp³-hybridized carbons (Fsp3) is 0.357. The summed E-state index contributed by atoms with van der Waals surface area (Å²) >= 11 is 0. The Balaban J connectivity index is 1.88. The van der Waals surface area contributed by atoms with Gasteiger partial charge in [0, 0.05) is 18.5 Å². The van der Waals surface area contributed by atoms with Crippen molar-refractivity contribution in [2.75, 3.05) is 24.6 Å². The molecule has 0 saturated carbocycles. The van der Waals surface area contributed by atoms with E-state index in [1.807, 2.05) is 24.3 Å². The highest BCUT2D eigenvalue weighted by atomic mass is 16.5. The first-order chi connectivity index (χ1) is 9.74. The SMILES string of the molecule is O=C(O)CC1CN(c2cnnc3ccccc23)CCO1. The van der Waals surface area contributed by atoms with Crippen LogP contribution in [-0.2, 0) is 9.53 Å². The summed E-state index contributed by atoms with van der Waals surface area (Å²) in [6.07, 6.45) is 1.46. The lowest BCUT2D eigenvalue weighted by Crippen LogP contribution is -2.43. The van der Waals surface area contributed by atoms with Crippen LogP contribution in [0.15, 0.2) is 30.5 Å². The van der Waals surface area contributed by atoms with E-state index in [1.54, 1.807) is 6.20 Å². The molecule has 1 aliphatic rings. The van der Waals surface area contributed by atoms with Gasteiger partial charge in [0.05, 0.1) is 36.5 Å². The topological polar surface area (TPSA) is 75.5 Å². The van der Waals surface area contributed by atoms with Crippen LogP contribution in [0.4, 0.5) is 5.69 Å². The third kappa shape index (κ3) is 2.55. The Hall–Kier alpha value is -2.21. The van der Waals surface area contributed by atoms with Crippen molar-refractivity contribution in [1.29, 1.82) is 0 Å². The molecule has 1 saturated heterocycles. The van der Waals surface area contributed by atoms with Crippen LogP contribution >= 0.6 is 0 Å². The minimum Gasteiger partial charge on any atom is -0.481 e. The third-order valence-electron chi connectivity index (χ3n) is 3.41. The van der Waals surface area contributed by atoms with Crippen LogP contribution in [0.5, 0.6) is 0 Å². The number of hydrogen-bond donors (Lipinski definition) is 1. The van der Waals surface area contributed by atoms with Gasteiger partial charge in [-0.15, -0.1) is 0 Å². The maximum atomic E-state index is 10.8. The molecule has 0 spiro atoms. The molecule has 3 rings (SSSR count). The molecule has 1 aromatic carbocycles. The van der Waals surface area contributed by atoms with Gasteiger partial charge in [-0.1, -0.05) is 18.2 Å². The zero-order chi connectivity index (χ0) is 13.9. The fourth-order valence-corrected chi connectivity index (χ4v) is 2.50. The summed E-state index contributed by atoms with van der Waals surface area (Å²) in [6.45, 7) is 1.81. The number of fused-ring (bicyclic) bond motifs is 1. The first-order valence-corrected chi connectivity index (χ1v) is 6.53. The Kier molecular flexibility index (Phi) is 3.47. The average Bonchev–Trinajstić information content (AvgIpc) is 2.46. The normalized spacial score (nSPS) is 19.2. The molecule has 6 nitrogen and oxygen atoms in total. The number of hydrogen-bond acceptors (Lipinski definition) is 5. The number of benzene rings is 1. The predicted octanol–water partition coefficient (Wildman–Crippen LogP) is 1.31. The van der Waals surface area contributed by atoms with Crippen molar-refractivity contribution in [3.8, 4) is 0 Å². The molecule has 0 aliphatic carbocycles. The van der Waals surface area contributed by atoms with Gasteiger partial charge in [0.1, 0.15) is 0 Å². The number of anilines is 1. The van der Waals surface area contributed by atoms with Gasteiger partial charge in [-0.25, -0.2) is 0 Å². The van der Waals surface area contributed by atoms with Crippen molar-refractivity contribution < 1.29 is 14.6 Å². The largest absolute Gasteiger partial charge is 0.481 e. The molecule has 1 unspecified atom stereocenters. The van der Waals surface area contributed by atoms with Gasteiger partial charge >= 0.3 is 5.97 Å². The minimum absolute atomic E-state index is 0.0208. The molecule has 6 heteroatoms. The molecule has 0 bridgehead atoms. The standard InChI is InChI=1S/C14H15N3O3/c18-14(19)7-10-9-17(5-6-20-10)13-8-15-16-12-4-2-1-3-11(12)13/h1-4,8,10H,5-7,9H2,(H,18,19). The number of carbonyl (C=O) groups is 1. The van der Waals surface area contributed by atoms with Crippen LogP contribution in [0.2, 0.25) is 0 Å². The van der Waals surface area contributed by atoms with Crippen LogP contribution < -0.4 is 4.90 Å². The number of aromatic nitrogens is 2. The summed E-state index contributed by atoms with van der Waals surface area (Å²) in [5.41, 5.74) is 1.82. The van der Waals surface area contributed by atoms with Crippen LogP contribution in [-0.4, -0.2) is 47.1 Å². The van der Waals surface area contributed by atoms with Crippen molar-refractivity contribution >= 4 is 22.6 Å². The van der Waals surface area contributed by atoms with Crippen molar-refractivity contribution in [2.45, 2.75) is 12.5 Å². The van der Waals surface area contributed by atoms with E-state index >= 15 is 0 Å². The van der Waals surface area contributed by atoms with Crippen molar-refractivity contribution in [2.24, 2.45) is 0 Å². The Morgan fingerprint density at radius 1 is 1.45 bits per heavy atom. The Morgan fingerprint density at radius 3 is 3.15 bits per heavy atom. The molecule has 0 amide bonds. The molecule has 1 fully saturated rings. The first-order valence-electron chi connectivity index (χ1n) is 6.53. The number of rotatable bonds is 3. The van der Waals surface area contributed by atoms with Gasteiger partial charge in [-0.05, 0) is 6.07 Å². The highest BCUT2D eigenvalue weighted by Gasteiger charge is 2.24. The second-order valence-electron chi connectivity index (χ2n) is 4.78. The van der Waals surface area contributed by atoms with E-state index < -0.39 is 5.97 Å². The second-order valence-corrected chi connectivity index (χ2v) is 4.78. The van der Waals surface area contributed by atoms with Gasteiger partial charge in [-0.3, -0.25) is 4.79 Å². The number of carboxylic acids is 1. The van der Waals surface area contributed by atoms with Crippen LogP contribution in [0.3, 0.4) is 0 Å². The van der Waals surface area contributed by atoms with Crippen molar-refractivity contribution in [1.82, 2.24) is 10.2 Å². The second kappa shape index (κ2) is 5.42. The van der Waals surface area contributed by atoms with Crippen LogP contribution in [0.25, 0.3) is 10.9 Å². The Labute approximate surface area is 116 Å². The van der Waals surface area contributed by atoms with Gasteiger partial charge in [0.2, 0.25) is 0 Å². The fourth-order valence-electron chi connectivity index (χ4n) is 2.50. The zero-order valence-corrected chi connectivity index (χ0v) is 10.9. The molecule has 2 heterocycles. The van der Waals surface area contributed by atoms with Crippen LogP contribution in [0, 0.1) is 0 Å². The minimum atomic E-state index is -0.838. The molecule has 20 heavy (non-hydrogen) atoms. The molecular formula is C14H15N3O3. The highest BCUT2D eigenvalue weighted by Crippen LogP contribution is 2.26. The van der Waals surface area contributed by atoms with E-state index in [1.165, 1.54) is 0 Å². The quantitative estimate of drug-likeness (QED) is 0.908. The predicted molar refractivity (Wildman–Crippen MR) is 73.7 cm³/mol. The zero-order valence-electron chi connectivity index (χ0n) is 10.9. The number of nitrogens with zero attached hydrogens (tertiary/aromatic N) is 3. The van der Waals surface area contributed by atoms with Gasteiger partial charge in [0.15, 0.2) is 0 Å². The van der Waals surface area contributed by atoms with E-state index in [0.717, 1.165) is 23.1 Å². The maximum Gasteiger partial charge on any atom is 0.306 e. The van der Waals surface area contributed by atoms with Gasteiger partial charge in [-0.2, -0.15) is 10.2 Å². The number of ether oxygens (including phenoxy) is 1. The summed E-state index contributed by atoms with van der Waals surface area (Å²) in [4.78, 5) is 12.9. The van der Waals surface area contributed by atoms with Crippen LogP contribution in [0.1, 0.15) is 6.42 Å². The van der Waals surface area contributed by atoms with Gasteiger partial charge in [0.25, 0.3) is 0 Å². The Morgan fingerprint density at radius 2 is 2.30 bits per heavy atom. The Bertz CT molecular complexity index is 627. The molecule has 1 atom stereocenters. The molecule has 1 N–H and O–H groups in total. The van der Waals surface area contributed by atoms with Crippen molar-refractivity contribution in [3.05, 3.63) is 30.5 Å². The number of carboxylic acid groups (broad SMARTS) is 1. The van der Waals surface area contributed by atoms with E-state index in [2.05, 4.69) is 15.1 Å². The third-order valence-corrected chi connectivity index (χ3v) is 3.41. The smallest absolute Gasteiger partial charge is 0.306 e. The number of morpholine rings is 1. The molecule has 1 aromatic heterocycles. The average molecular weight is 273 g/mol. The molecule has 2 aromatic rings. The van der Waals surface area contributed by atoms with E-state index in [9.17, 15) is 4.79 Å². The molecular weight excluding hydrogens is 258 g/mol. The monoisotopic (exact) mass is 273 g/mol. The lowest BCUT2D eigenvalue weighted by atomic mass is 10.1. The maximum absolute atomic E-state index is 10.8. The molecule has 0 radical (unpaired) electrons. The summed E-state index contributed by atoms with van der Waals surface area (Å²) in [7, 11) is 0. The molecule has 104 valence electrons. The summed E-state index contributed by atoms with van der Waals surface area (Å²) in [6, 6.07) is 7.80.